The lowest BCUT2D eigenvalue weighted by atomic mass is 10.0. The summed E-state index contributed by atoms with van der Waals surface area (Å²) in [6.45, 7) is 13.0. The summed E-state index contributed by atoms with van der Waals surface area (Å²) >= 11 is 0. The summed E-state index contributed by atoms with van der Waals surface area (Å²) < 4.78 is 18.7. The van der Waals surface area contributed by atoms with E-state index in [1.54, 1.807) is 7.11 Å². The quantitative estimate of drug-likeness (QED) is 0.465. The fourth-order valence-corrected chi connectivity index (χ4v) is 5.63. The van der Waals surface area contributed by atoms with Gasteiger partial charge in [-0.2, -0.15) is 0 Å². The highest BCUT2D eigenvalue weighted by Crippen LogP contribution is 2.29. The Labute approximate surface area is 127 Å². The van der Waals surface area contributed by atoms with E-state index in [-0.39, 0.29) is 11.7 Å². The molecule has 2 unspecified atom stereocenters. The smallest absolute Gasteiger partial charge is 0.377 e. The highest BCUT2D eigenvalue weighted by Gasteiger charge is 2.45. The summed E-state index contributed by atoms with van der Waals surface area (Å²) in [6.07, 6.45) is 6.67. The Bertz CT molecular complexity index is 246. The maximum Gasteiger partial charge on any atom is 0.501 e. The average Bonchev–Trinajstić information content (AvgIpc) is 2.37. The van der Waals surface area contributed by atoms with Crippen molar-refractivity contribution in [2.75, 3.05) is 7.11 Å². The van der Waals surface area contributed by atoms with Gasteiger partial charge in [0.25, 0.3) is 0 Å². The number of rotatable bonds is 12. The fourth-order valence-electron chi connectivity index (χ4n) is 2.63. The summed E-state index contributed by atoms with van der Waals surface area (Å²) in [7, 11) is -0.811. The Morgan fingerprint density at radius 3 is 2.05 bits per heavy atom. The second-order valence-corrected chi connectivity index (χ2v) is 8.90. The fraction of sp³-hybridized carbons (Fsp3) is 1.00. The molecule has 0 rings (SSSR count). The molecule has 0 aromatic carbocycles. The maximum atomic E-state index is 6.43. The van der Waals surface area contributed by atoms with Gasteiger partial charge in [0.15, 0.2) is 0 Å². The van der Waals surface area contributed by atoms with Crippen LogP contribution >= 0.6 is 0 Å². The highest BCUT2D eigenvalue weighted by molar-refractivity contribution is 6.60. The maximum absolute atomic E-state index is 6.43. The van der Waals surface area contributed by atoms with Crippen LogP contribution in [0.2, 0.25) is 6.04 Å². The van der Waals surface area contributed by atoms with E-state index in [2.05, 4.69) is 41.5 Å². The Balaban J connectivity index is 4.96. The molecule has 0 fully saturated rings. The van der Waals surface area contributed by atoms with Crippen molar-refractivity contribution in [1.29, 1.82) is 0 Å². The van der Waals surface area contributed by atoms with E-state index in [0.29, 0.717) is 0 Å². The largest absolute Gasteiger partial charge is 0.501 e. The molecule has 0 N–H and O–H groups in total. The van der Waals surface area contributed by atoms with Crippen LogP contribution < -0.4 is 0 Å². The molecule has 0 spiro atoms. The second kappa shape index (κ2) is 9.93. The van der Waals surface area contributed by atoms with E-state index in [1.165, 1.54) is 0 Å². The Morgan fingerprint density at radius 1 is 1.00 bits per heavy atom. The van der Waals surface area contributed by atoms with E-state index >= 15 is 0 Å². The Morgan fingerprint density at radius 2 is 1.65 bits per heavy atom. The van der Waals surface area contributed by atoms with Crippen molar-refractivity contribution in [2.45, 2.75) is 97.8 Å². The Hall–Kier alpha value is 0.0969. The van der Waals surface area contributed by atoms with Gasteiger partial charge in [-0.1, -0.05) is 47.0 Å². The third kappa shape index (κ3) is 7.20. The van der Waals surface area contributed by atoms with Crippen molar-refractivity contribution >= 4 is 8.80 Å². The van der Waals surface area contributed by atoms with Crippen LogP contribution in [0.5, 0.6) is 0 Å². The molecule has 0 bridgehead atoms. The van der Waals surface area contributed by atoms with Crippen LogP contribution in [-0.2, 0) is 13.3 Å². The molecule has 0 aliphatic rings. The first-order valence-corrected chi connectivity index (χ1v) is 10.2. The van der Waals surface area contributed by atoms with Gasteiger partial charge in [-0.05, 0) is 33.1 Å². The molecule has 0 aliphatic heterocycles. The SMILES string of the molecule is CCCC(CC)O[Si](CCC)(OC)OC(C)(C)CCC. The summed E-state index contributed by atoms with van der Waals surface area (Å²) in [5.74, 6) is 0. The van der Waals surface area contributed by atoms with E-state index in [9.17, 15) is 0 Å². The van der Waals surface area contributed by atoms with Gasteiger partial charge < -0.3 is 13.3 Å². The lowest BCUT2D eigenvalue weighted by molar-refractivity contribution is -0.0293. The zero-order chi connectivity index (χ0) is 15.6. The third-order valence-electron chi connectivity index (χ3n) is 3.56. The highest BCUT2D eigenvalue weighted by atomic mass is 28.4. The zero-order valence-corrected chi connectivity index (χ0v) is 15.8. The molecular weight excluding hydrogens is 268 g/mol. The average molecular weight is 305 g/mol. The van der Waals surface area contributed by atoms with Crippen molar-refractivity contribution in [3.63, 3.8) is 0 Å². The minimum atomic E-state index is -2.56. The predicted octanol–water partition coefficient (Wildman–Crippen LogP) is 5.17. The first-order valence-electron chi connectivity index (χ1n) is 8.31. The molecule has 0 radical (unpaired) electrons. The van der Waals surface area contributed by atoms with Crippen molar-refractivity contribution in [3.8, 4) is 0 Å². The van der Waals surface area contributed by atoms with E-state index in [1.807, 2.05) is 0 Å². The standard InChI is InChI=1S/C16H36O3Si/c1-8-12-15(11-4)18-20(17-7,14-10-3)19-16(5,6)13-9-2/h15H,8-14H2,1-7H3. The zero-order valence-electron chi connectivity index (χ0n) is 14.8. The first-order chi connectivity index (χ1) is 9.38. The molecule has 20 heavy (non-hydrogen) atoms. The second-order valence-electron chi connectivity index (χ2n) is 6.19. The van der Waals surface area contributed by atoms with Crippen molar-refractivity contribution in [2.24, 2.45) is 0 Å². The summed E-state index contributed by atoms with van der Waals surface area (Å²) in [5.41, 5.74) is -0.170. The third-order valence-corrected chi connectivity index (χ3v) is 6.85. The first kappa shape index (κ1) is 20.1. The van der Waals surface area contributed by atoms with Crippen LogP contribution in [0.15, 0.2) is 0 Å². The van der Waals surface area contributed by atoms with Crippen LogP contribution in [0.4, 0.5) is 0 Å². The molecular formula is C16H36O3Si. The van der Waals surface area contributed by atoms with Gasteiger partial charge in [0.1, 0.15) is 0 Å². The van der Waals surface area contributed by atoms with Gasteiger partial charge >= 0.3 is 8.80 Å². The van der Waals surface area contributed by atoms with Crippen LogP contribution in [-0.4, -0.2) is 27.6 Å². The van der Waals surface area contributed by atoms with Crippen LogP contribution in [0, 0.1) is 0 Å². The number of hydrogen-bond acceptors (Lipinski definition) is 3. The monoisotopic (exact) mass is 304 g/mol. The summed E-state index contributed by atoms with van der Waals surface area (Å²) in [6, 6.07) is 0.900. The lowest BCUT2D eigenvalue weighted by Gasteiger charge is -2.38. The van der Waals surface area contributed by atoms with Gasteiger partial charge in [0.2, 0.25) is 0 Å². The van der Waals surface area contributed by atoms with E-state index in [0.717, 1.165) is 44.6 Å². The van der Waals surface area contributed by atoms with Gasteiger partial charge in [0.05, 0.1) is 5.60 Å². The molecule has 122 valence electrons. The number of hydrogen-bond donors (Lipinski definition) is 0. The van der Waals surface area contributed by atoms with Crippen LogP contribution in [0.1, 0.15) is 80.1 Å². The normalized spacial score (nSPS) is 16.9. The minimum absolute atomic E-state index is 0.170. The van der Waals surface area contributed by atoms with Gasteiger partial charge in [-0.25, -0.2) is 0 Å². The topological polar surface area (TPSA) is 27.7 Å². The molecule has 0 heterocycles. The molecule has 0 amide bonds. The van der Waals surface area contributed by atoms with Crippen molar-refractivity contribution < 1.29 is 13.3 Å². The van der Waals surface area contributed by atoms with E-state index in [4.69, 9.17) is 13.3 Å². The van der Waals surface area contributed by atoms with Gasteiger partial charge in [0, 0.05) is 19.3 Å². The molecule has 0 aliphatic carbocycles. The van der Waals surface area contributed by atoms with Crippen molar-refractivity contribution in [3.05, 3.63) is 0 Å². The summed E-state index contributed by atoms with van der Waals surface area (Å²) in [5, 5.41) is 0. The minimum Gasteiger partial charge on any atom is -0.377 e. The Kier molecular flexibility index (Phi) is 9.98. The van der Waals surface area contributed by atoms with Gasteiger partial charge in [-0.3, -0.25) is 0 Å². The summed E-state index contributed by atoms with van der Waals surface area (Å²) in [4.78, 5) is 0. The van der Waals surface area contributed by atoms with Crippen molar-refractivity contribution in [1.82, 2.24) is 0 Å². The molecule has 0 aromatic rings. The molecule has 3 nitrogen and oxygen atoms in total. The predicted molar refractivity (Wildman–Crippen MR) is 88.0 cm³/mol. The molecule has 4 heteroatoms. The van der Waals surface area contributed by atoms with Crippen LogP contribution in [0.3, 0.4) is 0 Å². The van der Waals surface area contributed by atoms with Crippen LogP contribution in [0.25, 0.3) is 0 Å². The van der Waals surface area contributed by atoms with E-state index < -0.39 is 8.80 Å². The molecule has 0 saturated carbocycles. The molecule has 0 saturated heterocycles. The molecule has 0 aromatic heterocycles. The van der Waals surface area contributed by atoms with Gasteiger partial charge in [-0.15, -0.1) is 0 Å². The lowest BCUT2D eigenvalue weighted by Crippen LogP contribution is -2.52. The molecule has 2 atom stereocenters.